The van der Waals surface area contributed by atoms with Crippen LogP contribution in [-0.2, 0) is 4.74 Å². The molecule has 0 unspecified atom stereocenters. The van der Waals surface area contributed by atoms with E-state index in [-0.39, 0.29) is 5.56 Å². The minimum Gasteiger partial charge on any atom is -0.465 e. The molecule has 0 amide bonds. The van der Waals surface area contributed by atoms with Crippen LogP contribution in [0, 0.1) is 18.6 Å². The van der Waals surface area contributed by atoms with Crippen molar-refractivity contribution in [3.63, 3.8) is 0 Å². The van der Waals surface area contributed by atoms with Crippen LogP contribution in [0.2, 0.25) is 0 Å². The van der Waals surface area contributed by atoms with Crippen LogP contribution in [0.5, 0.6) is 0 Å². The molecule has 0 N–H and O–H groups in total. The van der Waals surface area contributed by atoms with Gasteiger partial charge in [0.05, 0.1) is 7.11 Å². The Hall–Kier alpha value is -1.45. The second-order valence-corrected chi connectivity index (χ2v) is 2.54. The molecular formula is C13H20F2O2. The summed E-state index contributed by atoms with van der Waals surface area (Å²) in [6.07, 6.45) is 0. The smallest absolute Gasteiger partial charge is 0.343 e. The number of esters is 1. The molecule has 17 heavy (non-hydrogen) atoms. The van der Waals surface area contributed by atoms with Gasteiger partial charge in [-0.05, 0) is 18.6 Å². The van der Waals surface area contributed by atoms with Gasteiger partial charge in [0.15, 0.2) is 0 Å². The zero-order valence-corrected chi connectivity index (χ0v) is 11.2. The third-order valence-corrected chi connectivity index (χ3v) is 1.67. The van der Waals surface area contributed by atoms with E-state index in [1.165, 1.54) is 13.0 Å². The largest absolute Gasteiger partial charge is 0.465 e. The lowest BCUT2D eigenvalue weighted by Crippen LogP contribution is -2.08. The highest BCUT2D eigenvalue weighted by Gasteiger charge is 2.19. The van der Waals surface area contributed by atoms with Gasteiger partial charge in [-0.25, -0.2) is 13.6 Å². The van der Waals surface area contributed by atoms with E-state index in [4.69, 9.17) is 0 Å². The van der Waals surface area contributed by atoms with Gasteiger partial charge in [-0.2, -0.15) is 0 Å². The fourth-order valence-electron chi connectivity index (χ4n) is 0.946. The molecule has 0 aliphatic rings. The lowest BCUT2D eigenvalue weighted by atomic mass is 10.1. The van der Waals surface area contributed by atoms with Crippen LogP contribution in [0.15, 0.2) is 12.1 Å². The van der Waals surface area contributed by atoms with Crippen molar-refractivity contribution in [2.75, 3.05) is 7.11 Å². The van der Waals surface area contributed by atoms with E-state index in [1.807, 2.05) is 27.7 Å². The van der Waals surface area contributed by atoms with E-state index in [0.29, 0.717) is 0 Å². The molecule has 0 atom stereocenters. The van der Waals surface area contributed by atoms with Crippen LogP contribution in [-0.4, -0.2) is 13.1 Å². The molecular weight excluding hydrogens is 226 g/mol. The first-order valence-corrected chi connectivity index (χ1v) is 5.61. The highest BCUT2D eigenvalue weighted by Crippen LogP contribution is 2.16. The Kier molecular flexibility index (Phi) is 10.3. The number of halogens is 2. The Bertz CT molecular complexity index is 350. The number of carbonyl (C=O) groups excluding carboxylic acids is 1. The molecule has 4 heteroatoms. The summed E-state index contributed by atoms with van der Waals surface area (Å²) < 4.78 is 30.3. The molecule has 0 aliphatic carbocycles. The van der Waals surface area contributed by atoms with Gasteiger partial charge in [-0.15, -0.1) is 0 Å². The first kappa shape index (κ1) is 17.9. The Morgan fingerprint density at radius 1 is 1.12 bits per heavy atom. The minimum atomic E-state index is -1.00. The molecule has 0 fully saturated rings. The van der Waals surface area contributed by atoms with Crippen LogP contribution in [0.3, 0.4) is 0 Å². The maximum Gasteiger partial charge on any atom is 0.343 e. The summed E-state index contributed by atoms with van der Waals surface area (Å²) in [4.78, 5) is 10.9. The van der Waals surface area contributed by atoms with Gasteiger partial charge < -0.3 is 4.74 Å². The predicted molar refractivity (Wildman–Crippen MR) is 65.1 cm³/mol. The van der Waals surface area contributed by atoms with Gasteiger partial charge in [0, 0.05) is 0 Å². The maximum atomic E-state index is 13.2. The van der Waals surface area contributed by atoms with E-state index < -0.39 is 23.2 Å². The summed E-state index contributed by atoms with van der Waals surface area (Å²) in [5.74, 6) is -2.78. The van der Waals surface area contributed by atoms with Crippen molar-refractivity contribution in [2.45, 2.75) is 34.6 Å². The number of carbonyl (C=O) groups is 1. The number of rotatable bonds is 1. The Balaban J connectivity index is 0. The average Bonchev–Trinajstić information content (AvgIpc) is 2.39. The molecule has 0 heterocycles. The molecule has 0 saturated heterocycles. The van der Waals surface area contributed by atoms with Crippen LogP contribution in [0.4, 0.5) is 8.78 Å². The van der Waals surface area contributed by atoms with Gasteiger partial charge in [0.25, 0.3) is 0 Å². The third-order valence-electron chi connectivity index (χ3n) is 1.67. The molecule has 1 rings (SSSR count). The number of aryl methyl sites for hydroxylation is 1. The summed E-state index contributed by atoms with van der Waals surface area (Å²) in [7, 11) is 1.07. The van der Waals surface area contributed by atoms with Gasteiger partial charge in [-0.3, -0.25) is 0 Å². The van der Waals surface area contributed by atoms with Crippen LogP contribution in [0.1, 0.15) is 43.6 Å². The number of benzene rings is 1. The molecule has 1 aromatic carbocycles. The highest BCUT2D eigenvalue weighted by molar-refractivity contribution is 5.90. The average molecular weight is 246 g/mol. The Morgan fingerprint density at radius 2 is 1.59 bits per heavy atom. The number of hydrogen-bond acceptors (Lipinski definition) is 2. The van der Waals surface area contributed by atoms with Crippen LogP contribution in [0.25, 0.3) is 0 Å². The van der Waals surface area contributed by atoms with E-state index >= 15 is 0 Å². The summed E-state index contributed by atoms with van der Waals surface area (Å²) in [5, 5.41) is 0. The summed E-state index contributed by atoms with van der Waals surface area (Å²) in [5.41, 5.74) is -0.427. The van der Waals surface area contributed by atoms with E-state index in [0.717, 1.165) is 13.2 Å². The summed E-state index contributed by atoms with van der Waals surface area (Å²) in [6.45, 7) is 9.45. The van der Waals surface area contributed by atoms with Gasteiger partial charge in [0.2, 0.25) is 0 Å². The lowest BCUT2D eigenvalue weighted by Gasteiger charge is -2.04. The number of methoxy groups -OCH3 is 1. The van der Waals surface area contributed by atoms with Gasteiger partial charge in [0.1, 0.15) is 17.2 Å². The van der Waals surface area contributed by atoms with Gasteiger partial charge in [-0.1, -0.05) is 33.8 Å². The number of hydrogen-bond donors (Lipinski definition) is 0. The van der Waals surface area contributed by atoms with Crippen LogP contribution >= 0.6 is 0 Å². The summed E-state index contributed by atoms with van der Waals surface area (Å²) >= 11 is 0. The molecule has 0 radical (unpaired) electrons. The van der Waals surface area contributed by atoms with Crippen molar-refractivity contribution in [1.29, 1.82) is 0 Å². The van der Waals surface area contributed by atoms with E-state index in [1.54, 1.807) is 0 Å². The topological polar surface area (TPSA) is 26.3 Å². The number of ether oxygens (including phenoxy) is 1. The molecule has 0 saturated carbocycles. The molecule has 2 nitrogen and oxygen atoms in total. The van der Waals surface area contributed by atoms with Crippen molar-refractivity contribution in [2.24, 2.45) is 0 Å². The molecule has 1 aromatic rings. The first-order valence-electron chi connectivity index (χ1n) is 5.61. The zero-order valence-electron chi connectivity index (χ0n) is 11.2. The quantitative estimate of drug-likeness (QED) is 0.697. The normalized spacial score (nSPS) is 8.24. The fraction of sp³-hybridized carbons (Fsp3) is 0.462. The first-order chi connectivity index (χ1) is 8.07. The maximum absolute atomic E-state index is 13.2. The second kappa shape index (κ2) is 9.75. The van der Waals surface area contributed by atoms with Crippen molar-refractivity contribution < 1.29 is 18.3 Å². The standard InChI is InChI=1S/C9H8F2O2.2C2H6/c1-5-3-4-6(10)7(8(5)11)9(12)13-2;2*1-2/h3-4H,1-2H3;2*1-2H3. The minimum absolute atomic E-state index is 0.210. The molecule has 0 spiro atoms. The highest BCUT2D eigenvalue weighted by atomic mass is 19.1. The predicted octanol–water partition coefficient (Wildman–Crippen LogP) is 4.11. The van der Waals surface area contributed by atoms with Crippen molar-refractivity contribution in [3.8, 4) is 0 Å². The van der Waals surface area contributed by atoms with E-state index in [9.17, 15) is 13.6 Å². The van der Waals surface area contributed by atoms with Gasteiger partial charge >= 0.3 is 5.97 Å². The lowest BCUT2D eigenvalue weighted by molar-refractivity contribution is 0.0589. The molecule has 0 aromatic heterocycles. The van der Waals surface area contributed by atoms with Crippen LogP contribution < -0.4 is 0 Å². The Labute approximate surface area is 102 Å². The monoisotopic (exact) mass is 246 g/mol. The van der Waals surface area contributed by atoms with Crippen molar-refractivity contribution in [1.82, 2.24) is 0 Å². The molecule has 0 bridgehead atoms. The molecule has 98 valence electrons. The Morgan fingerprint density at radius 3 is 2.00 bits per heavy atom. The SMILES string of the molecule is CC.CC.COC(=O)c1c(F)ccc(C)c1F. The summed E-state index contributed by atoms with van der Waals surface area (Å²) in [6, 6.07) is 2.29. The van der Waals surface area contributed by atoms with Crippen molar-refractivity contribution in [3.05, 3.63) is 34.9 Å². The van der Waals surface area contributed by atoms with E-state index in [2.05, 4.69) is 4.74 Å². The molecule has 0 aliphatic heterocycles. The fourth-order valence-corrected chi connectivity index (χ4v) is 0.946. The second-order valence-electron chi connectivity index (χ2n) is 2.54. The third kappa shape index (κ3) is 4.93. The zero-order chi connectivity index (χ0) is 14.0. The van der Waals surface area contributed by atoms with Crippen molar-refractivity contribution >= 4 is 5.97 Å².